The molecule has 0 saturated heterocycles. The van der Waals surface area contributed by atoms with Crippen molar-refractivity contribution >= 4 is 29.9 Å². The van der Waals surface area contributed by atoms with Gasteiger partial charge in [-0.2, -0.15) is 0 Å². The van der Waals surface area contributed by atoms with E-state index in [1.54, 1.807) is 24.3 Å². The van der Waals surface area contributed by atoms with Crippen molar-refractivity contribution in [3.63, 3.8) is 0 Å². The maximum absolute atomic E-state index is 11.7. The van der Waals surface area contributed by atoms with E-state index in [0.717, 1.165) is 6.54 Å². The minimum Gasteiger partial charge on any atom is -0.399 e. The van der Waals surface area contributed by atoms with Crippen LogP contribution in [0.15, 0.2) is 24.3 Å². The van der Waals surface area contributed by atoms with Crippen LogP contribution in [0.25, 0.3) is 0 Å². The van der Waals surface area contributed by atoms with Gasteiger partial charge >= 0.3 is 0 Å². The Labute approximate surface area is 118 Å². The van der Waals surface area contributed by atoms with Gasteiger partial charge in [-0.1, -0.05) is 0 Å². The van der Waals surface area contributed by atoms with Gasteiger partial charge in [0.05, 0.1) is 6.54 Å². The van der Waals surface area contributed by atoms with Gasteiger partial charge in [0, 0.05) is 17.8 Å². The molecule has 0 aromatic heterocycles. The Morgan fingerprint density at radius 1 is 1.16 bits per heavy atom. The first-order chi connectivity index (χ1) is 8.65. The molecule has 1 fully saturated rings. The standard InChI is InChI=1S/C13H17N3O2.ClH/c14-11-5-3-10(4-6-11)13(18)16-8-12(17)15-7-9-1-2-9;/h3-6,9H,1-2,7-8,14H2,(H,15,17)(H,16,18);1H. The van der Waals surface area contributed by atoms with Gasteiger partial charge < -0.3 is 16.4 Å². The number of carbonyl (C=O) groups is 2. The van der Waals surface area contributed by atoms with Crippen LogP contribution in [-0.2, 0) is 4.79 Å². The van der Waals surface area contributed by atoms with E-state index in [2.05, 4.69) is 10.6 Å². The number of rotatable bonds is 5. The number of hydrogen-bond donors (Lipinski definition) is 3. The Morgan fingerprint density at radius 3 is 2.37 bits per heavy atom. The Morgan fingerprint density at radius 2 is 1.79 bits per heavy atom. The first-order valence-corrected chi connectivity index (χ1v) is 6.05. The molecule has 19 heavy (non-hydrogen) atoms. The molecule has 1 aliphatic carbocycles. The van der Waals surface area contributed by atoms with Crippen LogP contribution in [-0.4, -0.2) is 24.9 Å². The Bertz CT molecular complexity index is 444. The average molecular weight is 284 g/mol. The smallest absolute Gasteiger partial charge is 0.251 e. The number of anilines is 1. The van der Waals surface area contributed by atoms with Crippen LogP contribution in [0.3, 0.4) is 0 Å². The minimum absolute atomic E-state index is 0. The molecule has 1 aromatic rings. The van der Waals surface area contributed by atoms with Crippen molar-refractivity contribution in [2.24, 2.45) is 5.92 Å². The summed E-state index contributed by atoms with van der Waals surface area (Å²) in [6, 6.07) is 6.57. The quantitative estimate of drug-likeness (QED) is 0.704. The van der Waals surface area contributed by atoms with E-state index in [1.165, 1.54) is 12.8 Å². The van der Waals surface area contributed by atoms with E-state index < -0.39 is 0 Å². The predicted molar refractivity (Wildman–Crippen MR) is 76.2 cm³/mol. The van der Waals surface area contributed by atoms with Crippen LogP contribution in [0, 0.1) is 5.92 Å². The zero-order valence-electron chi connectivity index (χ0n) is 10.5. The molecule has 0 aliphatic heterocycles. The third-order valence-corrected chi connectivity index (χ3v) is 2.87. The molecule has 4 N–H and O–H groups in total. The highest BCUT2D eigenvalue weighted by Crippen LogP contribution is 2.27. The Balaban J connectivity index is 0.00000180. The van der Waals surface area contributed by atoms with Gasteiger partial charge in [-0.05, 0) is 43.0 Å². The van der Waals surface area contributed by atoms with Crippen LogP contribution in [0.1, 0.15) is 23.2 Å². The second-order valence-corrected chi connectivity index (χ2v) is 4.55. The molecule has 1 aromatic carbocycles. The van der Waals surface area contributed by atoms with Crippen molar-refractivity contribution in [3.8, 4) is 0 Å². The van der Waals surface area contributed by atoms with Gasteiger partial charge in [0.15, 0.2) is 0 Å². The molecule has 0 radical (unpaired) electrons. The summed E-state index contributed by atoms with van der Waals surface area (Å²) in [5.41, 5.74) is 6.63. The summed E-state index contributed by atoms with van der Waals surface area (Å²) in [7, 11) is 0. The lowest BCUT2D eigenvalue weighted by Gasteiger charge is -2.06. The van der Waals surface area contributed by atoms with E-state index in [-0.39, 0.29) is 30.8 Å². The second kappa shape index (κ2) is 6.99. The molecule has 0 atom stereocenters. The second-order valence-electron chi connectivity index (χ2n) is 4.55. The lowest BCUT2D eigenvalue weighted by atomic mass is 10.2. The monoisotopic (exact) mass is 283 g/mol. The molecule has 0 heterocycles. The van der Waals surface area contributed by atoms with Crippen molar-refractivity contribution < 1.29 is 9.59 Å². The summed E-state index contributed by atoms with van der Waals surface area (Å²) in [6.07, 6.45) is 2.39. The molecule has 5 nitrogen and oxygen atoms in total. The number of nitrogen functional groups attached to an aromatic ring is 1. The zero-order valence-corrected chi connectivity index (χ0v) is 11.3. The van der Waals surface area contributed by atoms with E-state index >= 15 is 0 Å². The van der Waals surface area contributed by atoms with Gasteiger partial charge in [0.25, 0.3) is 5.91 Å². The number of carbonyl (C=O) groups excluding carboxylic acids is 2. The third-order valence-electron chi connectivity index (χ3n) is 2.87. The van der Waals surface area contributed by atoms with Crippen molar-refractivity contribution in [1.29, 1.82) is 0 Å². The van der Waals surface area contributed by atoms with E-state index in [0.29, 0.717) is 17.2 Å². The first kappa shape index (κ1) is 15.3. The van der Waals surface area contributed by atoms with Crippen LogP contribution >= 0.6 is 12.4 Å². The van der Waals surface area contributed by atoms with E-state index in [9.17, 15) is 9.59 Å². The summed E-state index contributed by atoms with van der Waals surface area (Å²) in [5, 5.41) is 5.36. The van der Waals surface area contributed by atoms with Crippen molar-refractivity contribution in [2.45, 2.75) is 12.8 Å². The van der Waals surface area contributed by atoms with Crippen LogP contribution < -0.4 is 16.4 Å². The predicted octanol–water partition coefficient (Wildman–Crippen LogP) is 0.947. The first-order valence-electron chi connectivity index (χ1n) is 6.05. The lowest BCUT2D eigenvalue weighted by Crippen LogP contribution is -2.37. The number of benzene rings is 1. The van der Waals surface area contributed by atoms with Crippen LogP contribution in [0.2, 0.25) is 0 Å². The molecule has 104 valence electrons. The highest BCUT2D eigenvalue weighted by molar-refractivity contribution is 5.96. The van der Waals surface area contributed by atoms with Gasteiger partial charge in [-0.3, -0.25) is 9.59 Å². The fourth-order valence-electron chi connectivity index (χ4n) is 1.54. The maximum atomic E-state index is 11.7. The molecule has 1 aliphatic rings. The Kier molecular flexibility index (Phi) is 5.63. The van der Waals surface area contributed by atoms with Gasteiger partial charge in [0.1, 0.15) is 0 Å². The van der Waals surface area contributed by atoms with Crippen molar-refractivity contribution in [2.75, 3.05) is 18.8 Å². The van der Waals surface area contributed by atoms with Crippen molar-refractivity contribution in [1.82, 2.24) is 10.6 Å². The molecule has 6 heteroatoms. The number of nitrogens with two attached hydrogens (primary N) is 1. The van der Waals surface area contributed by atoms with Gasteiger partial charge in [-0.15, -0.1) is 12.4 Å². The normalized spacial score (nSPS) is 13.3. The number of hydrogen-bond acceptors (Lipinski definition) is 3. The number of amides is 2. The topological polar surface area (TPSA) is 84.2 Å². The van der Waals surface area contributed by atoms with Crippen LogP contribution in [0.4, 0.5) is 5.69 Å². The summed E-state index contributed by atoms with van der Waals surface area (Å²) in [6.45, 7) is 0.729. The fourth-order valence-corrected chi connectivity index (χ4v) is 1.54. The summed E-state index contributed by atoms with van der Waals surface area (Å²) >= 11 is 0. The van der Waals surface area contributed by atoms with Crippen molar-refractivity contribution in [3.05, 3.63) is 29.8 Å². The lowest BCUT2D eigenvalue weighted by molar-refractivity contribution is -0.120. The molecule has 1 saturated carbocycles. The molecule has 0 bridgehead atoms. The SMILES string of the molecule is Cl.Nc1ccc(C(=O)NCC(=O)NCC2CC2)cc1. The fraction of sp³-hybridized carbons (Fsp3) is 0.385. The highest BCUT2D eigenvalue weighted by atomic mass is 35.5. The molecule has 2 amide bonds. The molecule has 0 unspecified atom stereocenters. The maximum Gasteiger partial charge on any atom is 0.251 e. The van der Waals surface area contributed by atoms with Gasteiger partial charge in [0.2, 0.25) is 5.91 Å². The number of halogens is 1. The molecule has 0 spiro atoms. The molecule has 2 rings (SSSR count). The van der Waals surface area contributed by atoms with Crippen LogP contribution in [0.5, 0.6) is 0 Å². The minimum atomic E-state index is -0.267. The third kappa shape index (κ3) is 5.18. The summed E-state index contributed by atoms with van der Waals surface area (Å²) in [4.78, 5) is 23.1. The van der Waals surface area contributed by atoms with E-state index in [4.69, 9.17) is 5.73 Å². The molecular weight excluding hydrogens is 266 g/mol. The van der Waals surface area contributed by atoms with E-state index in [1.807, 2.05) is 0 Å². The van der Waals surface area contributed by atoms with Gasteiger partial charge in [-0.25, -0.2) is 0 Å². The summed E-state index contributed by atoms with van der Waals surface area (Å²) in [5.74, 6) is 0.226. The highest BCUT2D eigenvalue weighted by Gasteiger charge is 2.21. The summed E-state index contributed by atoms with van der Waals surface area (Å²) < 4.78 is 0. The Hall–Kier alpha value is -1.75. The average Bonchev–Trinajstić information content (AvgIpc) is 3.18. The zero-order chi connectivity index (χ0) is 13.0. The largest absolute Gasteiger partial charge is 0.399 e. The molecular formula is C13H18ClN3O2. The number of nitrogens with one attached hydrogen (secondary N) is 2.